The third-order valence-electron chi connectivity index (χ3n) is 3.96. The van der Waals surface area contributed by atoms with E-state index < -0.39 is 0 Å². The van der Waals surface area contributed by atoms with Crippen molar-refractivity contribution in [2.24, 2.45) is 16.3 Å². The zero-order chi connectivity index (χ0) is 17.3. The maximum atomic E-state index is 5.87. The highest BCUT2D eigenvalue weighted by Crippen LogP contribution is 2.19. The Morgan fingerprint density at radius 1 is 1.30 bits per heavy atom. The number of nitrogens with zero attached hydrogens (tertiary/aromatic N) is 2. The molecule has 1 unspecified atom stereocenters. The van der Waals surface area contributed by atoms with E-state index in [0.717, 1.165) is 51.7 Å². The van der Waals surface area contributed by atoms with E-state index in [-0.39, 0.29) is 6.10 Å². The normalized spacial score (nSPS) is 20.8. The lowest BCUT2D eigenvalue weighted by molar-refractivity contribution is -0.0284. The van der Waals surface area contributed by atoms with Crippen LogP contribution in [-0.2, 0) is 4.74 Å². The number of rotatable bonds is 7. The zero-order valence-corrected chi connectivity index (χ0v) is 16.1. The van der Waals surface area contributed by atoms with Gasteiger partial charge in [-0.1, -0.05) is 34.6 Å². The summed E-state index contributed by atoms with van der Waals surface area (Å²) in [6.07, 6.45) is 2.62. The van der Waals surface area contributed by atoms with Crippen LogP contribution < -0.4 is 10.6 Å². The second kappa shape index (κ2) is 10.1. The summed E-state index contributed by atoms with van der Waals surface area (Å²) in [5, 5.41) is 6.79. The molecule has 1 fully saturated rings. The van der Waals surface area contributed by atoms with Crippen LogP contribution in [-0.4, -0.2) is 63.3 Å². The van der Waals surface area contributed by atoms with Gasteiger partial charge in [-0.2, -0.15) is 0 Å². The van der Waals surface area contributed by atoms with Crippen molar-refractivity contribution in [3.63, 3.8) is 0 Å². The SMILES string of the molecule is CN=C(NCCCC(C)(C)C)NCC1CN(CC(C)C)CCO1. The summed E-state index contributed by atoms with van der Waals surface area (Å²) >= 11 is 0. The van der Waals surface area contributed by atoms with Crippen molar-refractivity contribution in [2.75, 3.05) is 46.4 Å². The van der Waals surface area contributed by atoms with Gasteiger partial charge in [0.1, 0.15) is 0 Å². The first kappa shape index (κ1) is 20.2. The number of morpholine rings is 1. The average Bonchev–Trinajstić information content (AvgIpc) is 2.45. The number of nitrogens with one attached hydrogen (secondary N) is 2. The molecular formula is C18H38N4O. The molecular weight excluding hydrogens is 288 g/mol. The molecule has 5 heteroatoms. The Balaban J connectivity index is 2.23. The summed E-state index contributed by atoms with van der Waals surface area (Å²) in [7, 11) is 1.83. The van der Waals surface area contributed by atoms with Gasteiger partial charge in [-0.3, -0.25) is 9.89 Å². The molecule has 5 nitrogen and oxygen atoms in total. The van der Waals surface area contributed by atoms with Crippen LogP contribution in [0.5, 0.6) is 0 Å². The van der Waals surface area contributed by atoms with Crippen LogP contribution in [0.25, 0.3) is 0 Å². The third kappa shape index (κ3) is 9.82. The highest BCUT2D eigenvalue weighted by molar-refractivity contribution is 5.79. The highest BCUT2D eigenvalue weighted by Gasteiger charge is 2.21. The molecule has 23 heavy (non-hydrogen) atoms. The van der Waals surface area contributed by atoms with Crippen molar-refractivity contribution in [1.82, 2.24) is 15.5 Å². The van der Waals surface area contributed by atoms with E-state index in [1.54, 1.807) is 0 Å². The predicted octanol–water partition coefficient (Wildman–Crippen LogP) is 2.33. The largest absolute Gasteiger partial charge is 0.374 e. The molecule has 0 amide bonds. The Morgan fingerprint density at radius 3 is 2.65 bits per heavy atom. The van der Waals surface area contributed by atoms with E-state index in [9.17, 15) is 0 Å². The minimum absolute atomic E-state index is 0.246. The molecule has 0 saturated carbocycles. The molecule has 1 heterocycles. The van der Waals surface area contributed by atoms with Gasteiger partial charge in [0.05, 0.1) is 12.7 Å². The molecule has 1 atom stereocenters. The van der Waals surface area contributed by atoms with Crippen molar-refractivity contribution in [3.05, 3.63) is 0 Å². The number of aliphatic imine (C=N–C) groups is 1. The van der Waals surface area contributed by atoms with Crippen LogP contribution in [0.15, 0.2) is 4.99 Å². The van der Waals surface area contributed by atoms with Crippen molar-refractivity contribution in [2.45, 2.75) is 53.6 Å². The molecule has 0 aromatic rings. The van der Waals surface area contributed by atoms with Gasteiger partial charge in [-0.05, 0) is 24.2 Å². The quantitative estimate of drug-likeness (QED) is 0.428. The first-order chi connectivity index (χ1) is 10.8. The maximum Gasteiger partial charge on any atom is 0.191 e. The Hall–Kier alpha value is -0.810. The molecule has 0 aromatic heterocycles. The monoisotopic (exact) mass is 326 g/mol. The molecule has 2 N–H and O–H groups in total. The summed E-state index contributed by atoms with van der Waals surface area (Å²) in [6, 6.07) is 0. The molecule has 1 aliphatic heterocycles. The molecule has 1 rings (SSSR count). The molecule has 1 saturated heterocycles. The number of ether oxygens (including phenoxy) is 1. The van der Waals surface area contributed by atoms with Gasteiger partial charge in [0, 0.05) is 39.8 Å². The minimum Gasteiger partial charge on any atom is -0.374 e. The molecule has 0 aliphatic carbocycles. The highest BCUT2D eigenvalue weighted by atomic mass is 16.5. The standard InChI is InChI=1S/C18H38N4O/c1-15(2)13-22-10-11-23-16(14-22)12-21-17(19-6)20-9-7-8-18(3,4)5/h15-16H,7-14H2,1-6H3,(H2,19,20,21). The van der Waals surface area contributed by atoms with Crippen molar-refractivity contribution < 1.29 is 4.74 Å². The molecule has 0 radical (unpaired) electrons. The summed E-state index contributed by atoms with van der Waals surface area (Å²) in [5.74, 6) is 1.59. The average molecular weight is 327 g/mol. The summed E-state index contributed by atoms with van der Waals surface area (Å²) in [5.41, 5.74) is 0.397. The molecule has 1 aliphatic rings. The van der Waals surface area contributed by atoms with Gasteiger partial charge in [0.2, 0.25) is 0 Å². The fourth-order valence-electron chi connectivity index (χ4n) is 2.84. The minimum atomic E-state index is 0.246. The van der Waals surface area contributed by atoms with Crippen LogP contribution in [0.4, 0.5) is 0 Å². The molecule has 0 aromatic carbocycles. The maximum absolute atomic E-state index is 5.87. The van der Waals surface area contributed by atoms with Gasteiger partial charge in [0.15, 0.2) is 5.96 Å². The zero-order valence-electron chi connectivity index (χ0n) is 16.1. The van der Waals surface area contributed by atoms with Crippen LogP contribution in [0, 0.1) is 11.3 Å². The smallest absolute Gasteiger partial charge is 0.191 e. The first-order valence-corrected chi connectivity index (χ1v) is 9.08. The second-order valence-corrected chi connectivity index (χ2v) is 8.19. The van der Waals surface area contributed by atoms with Crippen LogP contribution in [0.1, 0.15) is 47.5 Å². The van der Waals surface area contributed by atoms with Crippen LogP contribution in [0.3, 0.4) is 0 Å². The van der Waals surface area contributed by atoms with Crippen LogP contribution >= 0.6 is 0 Å². The summed E-state index contributed by atoms with van der Waals surface area (Å²) < 4.78 is 5.87. The number of hydrogen-bond donors (Lipinski definition) is 2. The molecule has 0 spiro atoms. The Kier molecular flexibility index (Phi) is 8.92. The third-order valence-corrected chi connectivity index (χ3v) is 3.96. The molecule has 136 valence electrons. The summed E-state index contributed by atoms with van der Waals surface area (Å²) in [4.78, 5) is 6.80. The van der Waals surface area contributed by atoms with E-state index in [4.69, 9.17) is 4.74 Å². The number of hydrogen-bond acceptors (Lipinski definition) is 3. The van der Waals surface area contributed by atoms with E-state index >= 15 is 0 Å². The van der Waals surface area contributed by atoms with Crippen LogP contribution in [0.2, 0.25) is 0 Å². The van der Waals surface area contributed by atoms with Gasteiger partial charge >= 0.3 is 0 Å². The topological polar surface area (TPSA) is 48.9 Å². The lowest BCUT2D eigenvalue weighted by Crippen LogP contribution is -2.50. The van der Waals surface area contributed by atoms with Gasteiger partial charge < -0.3 is 15.4 Å². The van der Waals surface area contributed by atoms with Crippen molar-refractivity contribution >= 4 is 5.96 Å². The van der Waals surface area contributed by atoms with E-state index in [0.29, 0.717) is 11.3 Å². The van der Waals surface area contributed by atoms with E-state index in [1.807, 2.05) is 7.05 Å². The Labute approximate surface area is 143 Å². The lowest BCUT2D eigenvalue weighted by atomic mass is 9.91. The number of guanidine groups is 1. The van der Waals surface area contributed by atoms with Crippen molar-refractivity contribution in [3.8, 4) is 0 Å². The Morgan fingerprint density at radius 2 is 2.04 bits per heavy atom. The van der Waals surface area contributed by atoms with Gasteiger partial charge in [0.25, 0.3) is 0 Å². The lowest BCUT2D eigenvalue weighted by Gasteiger charge is -2.34. The Bertz CT molecular complexity index is 349. The first-order valence-electron chi connectivity index (χ1n) is 9.08. The van der Waals surface area contributed by atoms with E-state index in [1.165, 1.54) is 6.42 Å². The van der Waals surface area contributed by atoms with Gasteiger partial charge in [-0.25, -0.2) is 0 Å². The predicted molar refractivity (Wildman–Crippen MR) is 99.1 cm³/mol. The van der Waals surface area contributed by atoms with Crippen molar-refractivity contribution in [1.29, 1.82) is 0 Å². The summed E-state index contributed by atoms with van der Waals surface area (Å²) in [6.45, 7) is 17.2. The fourth-order valence-corrected chi connectivity index (χ4v) is 2.84. The second-order valence-electron chi connectivity index (χ2n) is 8.19. The van der Waals surface area contributed by atoms with Gasteiger partial charge in [-0.15, -0.1) is 0 Å². The molecule has 0 bridgehead atoms. The fraction of sp³-hybridized carbons (Fsp3) is 0.944. The van der Waals surface area contributed by atoms with E-state index in [2.05, 4.69) is 55.1 Å².